The Kier molecular flexibility index (Phi) is 3.50. The molecule has 0 radical (unpaired) electrons. The topological polar surface area (TPSA) is 119 Å². The van der Waals surface area contributed by atoms with Crippen LogP contribution in [0.1, 0.15) is 16.2 Å². The predicted molar refractivity (Wildman–Crippen MR) is 62.8 cm³/mol. The molecule has 2 heterocycles. The Balaban J connectivity index is 1.81. The van der Waals surface area contributed by atoms with Gasteiger partial charge in [0, 0.05) is 19.2 Å². The van der Waals surface area contributed by atoms with E-state index in [1.165, 1.54) is 4.90 Å². The monoisotopic (exact) mass is 266 g/mol. The Hall–Kier alpha value is -2.38. The van der Waals surface area contributed by atoms with Crippen molar-refractivity contribution in [3.63, 3.8) is 0 Å². The molecule has 1 aromatic heterocycles. The van der Waals surface area contributed by atoms with Crippen molar-refractivity contribution in [3.05, 3.63) is 17.5 Å². The SMILES string of the molecule is Cc1cc(C(=O)N2CC(C(=O)NCC(N)=O)C2)no1. The zero-order valence-corrected chi connectivity index (χ0v) is 10.4. The number of nitrogens with zero attached hydrogens (tertiary/aromatic N) is 2. The molecular formula is C11H14N4O4. The largest absolute Gasteiger partial charge is 0.368 e. The second-order valence-electron chi connectivity index (χ2n) is 4.41. The number of primary amides is 1. The molecule has 19 heavy (non-hydrogen) atoms. The highest BCUT2D eigenvalue weighted by molar-refractivity contribution is 5.94. The van der Waals surface area contributed by atoms with Gasteiger partial charge >= 0.3 is 0 Å². The van der Waals surface area contributed by atoms with Crippen LogP contribution >= 0.6 is 0 Å². The summed E-state index contributed by atoms with van der Waals surface area (Å²) >= 11 is 0. The van der Waals surface area contributed by atoms with Crippen LogP contribution in [0, 0.1) is 12.8 Å². The van der Waals surface area contributed by atoms with Crippen LogP contribution < -0.4 is 11.1 Å². The molecule has 8 heteroatoms. The summed E-state index contributed by atoms with van der Waals surface area (Å²) in [5, 5.41) is 6.02. The Labute approximate surface area is 108 Å². The lowest BCUT2D eigenvalue weighted by atomic mass is 9.98. The van der Waals surface area contributed by atoms with E-state index in [1.807, 2.05) is 0 Å². The van der Waals surface area contributed by atoms with E-state index in [9.17, 15) is 14.4 Å². The van der Waals surface area contributed by atoms with E-state index in [0.717, 1.165) is 0 Å². The maximum atomic E-state index is 11.9. The van der Waals surface area contributed by atoms with Gasteiger partial charge in [0.1, 0.15) is 5.76 Å². The van der Waals surface area contributed by atoms with Gasteiger partial charge in [-0.2, -0.15) is 0 Å². The molecule has 3 N–H and O–H groups in total. The highest BCUT2D eigenvalue weighted by atomic mass is 16.5. The predicted octanol–water partition coefficient (Wildman–Crippen LogP) is -1.34. The van der Waals surface area contributed by atoms with E-state index >= 15 is 0 Å². The minimum absolute atomic E-state index is 0.189. The molecule has 1 saturated heterocycles. The molecule has 102 valence electrons. The molecule has 0 bridgehead atoms. The van der Waals surface area contributed by atoms with Gasteiger partial charge in [0.15, 0.2) is 5.69 Å². The van der Waals surface area contributed by atoms with Crippen LogP contribution in [0.25, 0.3) is 0 Å². The summed E-state index contributed by atoms with van der Waals surface area (Å²) in [7, 11) is 0. The lowest BCUT2D eigenvalue weighted by Gasteiger charge is -2.37. The Morgan fingerprint density at radius 1 is 1.53 bits per heavy atom. The summed E-state index contributed by atoms with van der Waals surface area (Å²) in [6, 6.07) is 1.54. The number of aryl methyl sites for hydroxylation is 1. The summed E-state index contributed by atoms with van der Waals surface area (Å²) in [5.74, 6) is -0.899. The van der Waals surface area contributed by atoms with Crippen molar-refractivity contribution in [2.24, 2.45) is 11.7 Å². The van der Waals surface area contributed by atoms with E-state index < -0.39 is 5.91 Å². The van der Waals surface area contributed by atoms with Crippen LogP contribution in [0.2, 0.25) is 0 Å². The van der Waals surface area contributed by atoms with Crippen molar-refractivity contribution >= 4 is 17.7 Å². The zero-order valence-electron chi connectivity index (χ0n) is 10.4. The minimum Gasteiger partial charge on any atom is -0.368 e. The second-order valence-corrected chi connectivity index (χ2v) is 4.41. The van der Waals surface area contributed by atoms with Crippen molar-refractivity contribution in [2.45, 2.75) is 6.92 Å². The quantitative estimate of drug-likeness (QED) is 0.699. The second kappa shape index (κ2) is 5.09. The third-order valence-electron chi connectivity index (χ3n) is 2.82. The number of rotatable bonds is 4. The number of carbonyl (C=O) groups excluding carboxylic acids is 3. The number of likely N-dealkylation sites (tertiary alicyclic amines) is 1. The molecule has 0 spiro atoms. The Morgan fingerprint density at radius 2 is 2.21 bits per heavy atom. The molecule has 2 rings (SSSR count). The first-order valence-electron chi connectivity index (χ1n) is 5.76. The highest BCUT2D eigenvalue weighted by Crippen LogP contribution is 2.18. The molecule has 8 nitrogen and oxygen atoms in total. The van der Waals surface area contributed by atoms with Crippen LogP contribution in [0.4, 0.5) is 0 Å². The zero-order chi connectivity index (χ0) is 14.0. The van der Waals surface area contributed by atoms with Gasteiger partial charge in [-0.1, -0.05) is 5.16 Å². The molecule has 0 aromatic carbocycles. The van der Waals surface area contributed by atoms with E-state index in [4.69, 9.17) is 10.3 Å². The van der Waals surface area contributed by atoms with Gasteiger partial charge in [0.25, 0.3) is 5.91 Å². The number of hydrogen-bond donors (Lipinski definition) is 2. The highest BCUT2D eigenvalue weighted by Gasteiger charge is 2.36. The van der Waals surface area contributed by atoms with Crippen molar-refractivity contribution in [1.82, 2.24) is 15.4 Å². The first kappa shape index (κ1) is 13.1. The first-order valence-corrected chi connectivity index (χ1v) is 5.76. The van der Waals surface area contributed by atoms with E-state index in [-0.39, 0.29) is 30.0 Å². The van der Waals surface area contributed by atoms with Crippen LogP contribution in [0.5, 0.6) is 0 Å². The maximum absolute atomic E-state index is 11.9. The fourth-order valence-electron chi connectivity index (χ4n) is 1.76. The van der Waals surface area contributed by atoms with Crippen LogP contribution in [-0.4, -0.2) is 47.4 Å². The smallest absolute Gasteiger partial charge is 0.276 e. The van der Waals surface area contributed by atoms with Gasteiger partial charge in [-0.3, -0.25) is 14.4 Å². The standard InChI is InChI=1S/C11H14N4O4/c1-6-2-8(14-19-6)11(18)15-4-7(5-15)10(17)13-3-9(12)16/h2,7H,3-5H2,1H3,(H2,12,16)(H,13,17). The molecule has 0 unspecified atom stereocenters. The van der Waals surface area contributed by atoms with Crippen LogP contribution in [-0.2, 0) is 9.59 Å². The van der Waals surface area contributed by atoms with Crippen molar-refractivity contribution < 1.29 is 18.9 Å². The number of hydrogen-bond acceptors (Lipinski definition) is 5. The average Bonchev–Trinajstić information content (AvgIpc) is 2.71. The number of carbonyl (C=O) groups is 3. The van der Waals surface area contributed by atoms with Gasteiger partial charge in [0.2, 0.25) is 11.8 Å². The number of aromatic nitrogens is 1. The van der Waals surface area contributed by atoms with E-state index in [0.29, 0.717) is 18.8 Å². The lowest BCUT2D eigenvalue weighted by Crippen LogP contribution is -2.56. The number of nitrogens with two attached hydrogens (primary N) is 1. The molecule has 1 aliphatic heterocycles. The van der Waals surface area contributed by atoms with Gasteiger partial charge in [-0.25, -0.2) is 0 Å². The summed E-state index contributed by atoms with van der Waals surface area (Å²) in [5.41, 5.74) is 5.15. The normalized spacial score (nSPS) is 14.9. The van der Waals surface area contributed by atoms with Gasteiger partial charge in [0.05, 0.1) is 12.5 Å². The third-order valence-corrected chi connectivity index (χ3v) is 2.82. The molecule has 1 aliphatic rings. The molecule has 1 fully saturated rings. The van der Waals surface area contributed by atoms with Crippen molar-refractivity contribution in [1.29, 1.82) is 0 Å². The molecule has 0 aliphatic carbocycles. The third kappa shape index (κ3) is 2.90. The van der Waals surface area contributed by atoms with E-state index in [2.05, 4.69) is 10.5 Å². The van der Waals surface area contributed by atoms with Crippen LogP contribution in [0.3, 0.4) is 0 Å². The molecule has 3 amide bonds. The van der Waals surface area contributed by atoms with Crippen LogP contribution in [0.15, 0.2) is 10.6 Å². The summed E-state index contributed by atoms with van der Waals surface area (Å²) in [4.78, 5) is 35.4. The lowest BCUT2D eigenvalue weighted by molar-refractivity contribution is -0.131. The molecule has 0 atom stereocenters. The fraction of sp³-hybridized carbons (Fsp3) is 0.455. The summed E-state index contributed by atoms with van der Waals surface area (Å²) in [6.45, 7) is 2.11. The van der Waals surface area contributed by atoms with Crippen molar-refractivity contribution in [3.8, 4) is 0 Å². The van der Waals surface area contributed by atoms with Gasteiger partial charge in [-0.15, -0.1) is 0 Å². The number of nitrogens with one attached hydrogen (secondary N) is 1. The van der Waals surface area contributed by atoms with Gasteiger partial charge in [-0.05, 0) is 6.92 Å². The molecular weight excluding hydrogens is 252 g/mol. The molecule has 1 aromatic rings. The number of amides is 3. The summed E-state index contributed by atoms with van der Waals surface area (Å²) < 4.78 is 4.82. The minimum atomic E-state index is -0.598. The Morgan fingerprint density at radius 3 is 2.74 bits per heavy atom. The Bertz CT molecular complexity index is 519. The summed E-state index contributed by atoms with van der Waals surface area (Å²) in [6.07, 6.45) is 0. The van der Waals surface area contributed by atoms with Gasteiger partial charge < -0.3 is 20.5 Å². The first-order chi connectivity index (χ1) is 8.97. The van der Waals surface area contributed by atoms with E-state index in [1.54, 1.807) is 13.0 Å². The average molecular weight is 266 g/mol. The maximum Gasteiger partial charge on any atom is 0.276 e. The molecule has 0 saturated carbocycles. The van der Waals surface area contributed by atoms with Crippen molar-refractivity contribution in [2.75, 3.05) is 19.6 Å². The fourth-order valence-corrected chi connectivity index (χ4v) is 1.76.